The van der Waals surface area contributed by atoms with Crippen LogP contribution in [0.2, 0.25) is 0 Å². The van der Waals surface area contributed by atoms with Crippen LogP contribution in [0.15, 0.2) is 30.3 Å². The zero-order valence-electron chi connectivity index (χ0n) is 12.9. The van der Waals surface area contributed by atoms with Gasteiger partial charge in [-0.2, -0.15) is 0 Å². The van der Waals surface area contributed by atoms with Crippen LogP contribution in [0.3, 0.4) is 0 Å². The highest BCUT2D eigenvalue weighted by Gasteiger charge is 2.31. The van der Waals surface area contributed by atoms with Crippen LogP contribution in [0.25, 0.3) is 0 Å². The first kappa shape index (κ1) is 15.5. The number of ether oxygens (including phenoxy) is 1. The molecule has 0 heterocycles. The fourth-order valence-corrected chi connectivity index (χ4v) is 3.48. The molecule has 0 amide bonds. The number of benzene rings is 1. The topological polar surface area (TPSA) is 35.2 Å². The molecule has 1 aliphatic rings. The Morgan fingerprint density at radius 3 is 2.30 bits per heavy atom. The van der Waals surface area contributed by atoms with Gasteiger partial charge in [0.25, 0.3) is 0 Å². The Balaban J connectivity index is 2.02. The molecule has 0 bridgehead atoms. The average Bonchev–Trinajstić information content (AvgIpc) is 2.53. The maximum absolute atomic E-state index is 6.57. The lowest BCUT2D eigenvalue weighted by atomic mass is 9.76. The Morgan fingerprint density at radius 1 is 1.10 bits per heavy atom. The zero-order chi connectivity index (χ0) is 14.4. The minimum atomic E-state index is 0.0457. The number of rotatable bonds is 6. The first-order valence-electron chi connectivity index (χ1n) is 8.18. The molecule has 1 aromatic rings. The Labute approximate surface area is 123 Å². The van der Waals surface area contributed by atoms with Crippen LogP contribution >= 0.6 is 0 Å². The third-order valence-corrected chi connectivity index (χ3v) is 4.84. The highest BCUT2D eigenvalue weighted by Crippen LogP contribution is 2.36. The molecular formula is C18H29NO. The molecule has 0 aliphatic heterocycles. The van der Waals surface area contributed by atoms with E-state index in [1.807, 2.05) is 6.07 Å². The van der Waals surface area contributed by atoms with Gasteiger partial charge in [0.15, 0.2) is 0 Å². The second-order valence-electron chi connectivity index (χ2n) is 6.05. The van der Waals surface area contributed by atoms with Crippen molar-refractivity contribution < 1.29 is 4.74 Å². The second-order valence-corrected chi connectivity index (χ2v) is 6.05. The third kappa shape index (κ3) is 3.83. The summed E-state index contributed by atoms with van der Waals surface area (Å²) >= 11 is 0. The van der Waals surface area contributed by atoms with Crippen LogP contribution in [0.1, 0.15) is 57.6 Å². The largest absolute Gasteiger partial charge is 0.372 e. The summed E-state index contributed by atoms with van der Waals surface area (Å²) in [6.07, 6.45) is 6.55. The summed E-state index contributed by atoms with van der Waals surface area (Å²) in [6, 6.07) is 10.6. The predicted octanol–water partition coefficient (Wildman–Crippen LogP) is 4.31. The summed E-state index contributed by atoms with van der Waals surface area (Å²) in [5.41, 5.74) is 7.79. The molecule has 0 radical (unpaired) electrons. The first-order chi connectivity index (χ1) is 9.76. The summed E-state index contributed by atoms with van der Waals surface area (Å²) in [5.74, 6) is 1.52. The molecule has 1 aromatic carbocycles. The molecule has 2 heteroatoms. The van der Waals surface area contributed by atoms with Gasteiger partial charge in [-0.05, 0) is 37.2 Å². The zero-order valence-corrected chi connectivity index (χ0v) is 12.9. The number of hydrogen-bond donors (Lipinski definition) is 1. The molecule has 2 nitrogen and oxygen atoms in total. The molecule has 2 unspecified atom stereocenters. The fraction of sp³-hybridized carbons (Fsp3) is 0.667. The van der Waals surface area contributed by atoms with Crippen LogP contribution in [-0.2, 0) is 4.74 Å². The monoisotopic (exact) mass is 275 g/mol. The van der Waals surface area contributed by atoms with Crippen molar-refractivity contribution in [1.82, 2.24) is 0 Å². The van der Waals surface area contributed by atoms with E-state index in [1.54, 1.807) is 0 Å². The lowest BCUT2D eigenvalue weighted by Gasteiger charge is -2.35. The van der Waals surface area contributed by atoms with E-state index in [4.69, 9.17) is 10.5 Å². The van der Waals surface area contributed by atoms with E-state index < -0.39 is 0 Å². The van der Waals surface area contributed by atoms with Gasteiger partial charge >= 0.3 is 0 Å². The van der Waals surface area contributed by atoms with Gasteiger partial charge < -0.3 is 10.5 Å². The molecule has 0 saturated heterocycles. The maximum Gasteiger partial charge on any atom is 0.0978 e. The van der Waals surface area contributed by atoms with E-state index in [0.29, 0.717) is 5.92 Å². The fourth-order valence-electron chi connectivity index (χ4n) is 3.48. The standard InChI is InChI=1S/C18H29NO/c1-3-14-10-12-15(13-11-14)17(19)18(20-4-2)16-8-6-5-7-9-16/h5-9,14-15,17-18H,3-4,10-13,19H2,1-2H3. The van der Waals surface area contributed by atoms with Crippen molar-refractivity contribution >= 4 is 0 Å². The lowest BCUT2D eigenvalue weighted by molar-refractivity contribution is 0.0196. The summed E-state index contributed by atoms with van der Waals surface area (Å²) in [7, 11) is 0. The SMILES string of the molecule is CCOC(c1ccccc1)C(N)C1CCC(CC)CC1. The van der Waals surface area contributed by atoms with Crippen molar-refractivity contribution in [1.29, 1.82) is 0 Å². The number of nitrogens with two attached hydrogens (primary N) is 1. The average molecular weight is 275 g/mol. The Kier molecular flexibility index (Phi) is 6.06. The van der Waals surface area contributed by atoms with Gasteiger partial charge in [0.05, 0.1) is 6.10 Å². The molecule has 0 spiro atoms. The summed E-state index contributed by atoms with van der Waals surface area (Å²) in [6.45, 7) is 5.08. The molecule has 2 rings (SSSR count). The Morgan fingerprint density at radius 2 is 1.75 bits per heavy atom. The molecule has 1 aliphatic carbocycles. The van der Waals surface area contributed by atoms with E-state index >= 15 is 0 Å². The van der Waals surface area contributed by atoms with Gasteiger partial charge in [-0.15, -0.1) is 0 Å². The molecule has 20 heavy (non-hydrogen) atoms. The summed E-state index contributed by atoms with van der Waals surface area (Å²) in [4.78, 5) is 0. The molecular weight excluding hydrogens is 246 g/mol. The summed E-state index contributed by atoms with van der Waals surface area (Å²) < 4.78 is 5.97. The highest BCUT2D eigenvalue weighted by molar-refractivity contribution is 5.19. The molecule has 1 saturated carbocycles. The van der Waals surface area contributed by atoms with Gasteiger partial charge in [0.1, 0.15) is 0 Å². The first-order valence-corrected chi connectivity index (χ1v) is 8.18. The van der Waals surface area contributed by atoms with E-state index in [-0.39, 0.29) is 12.1 Å². The van der Waals surface area contributed by atoms with E-state index in [1.165, 1.54) is 37.7 Å². The van der Waals surface area contributed by atoms with Crippen LogP contribution in [0.5, 0.6) is 0 Å². The minimum Gasteiger partial charge on any atom is -0.372 e. The molecule has 1 fully saturated rings. The van der Waals surface area contributed by atoms with E-state index in [0.717, 1.165) is 12.5 Å². The van der Waals surface area contributed by atoms with E-state index in [2.05, 4.69) is 38.1 Å². The quantitative estimate of drug-likeness (QED) is 0.839. The Hall–Kier alpha value is -0.860. The van der Waals surface area contributed by atoms with Crippen LogP contribution in [0.4, 0.5) is 0 Å². The number of hydrogen-bond acceptors (Lipinski definition) is 2. The van der Waals surface area contributed by atoms with Gasteiger partial charge in [-0.1, -0.05) is 56.5 Å². The van der Waals surface area contributed by atoms with Crippen molar-refractivity contribution in [3.63, 3.8) is 0 Å². The van der Waals surface area contributed by atoms with Gasteiger partial charge in [-0.3, -0.25) is 0 Å². The highest BCUT2D eigenvalue weighted by atomic mass is 16.5. The Bertz CT molecular complexity index is 370. The smallest absolute Gasteiger partial charge is 0.0978 e. The van der Waals surface area contributed by atoms with Crippen molar-refractivity contribution in [2.45, 2.75) is 58.1 Å². The molecule has 112 valence electrons. The second kappa shape index (κ2) is 7.80. The normalized spacial score (nSPS) is 26.1. The van der Waals surface area contributed by atoms with Crippen LogP contribution in [-0.4, -0.2) is 12.6 Å². The van der Waals surface area contributed by atoms with Crippen molar-refractivity contribution in [2.75, 3.05) is 6.61 Å². The van der Waals surface area contributed by atoms with Gasteiger partial charge in [0, 0.05) is 12.6 Å². The van der Waals surface area contributed by atoms with Crippen LogP contribution < -0.4 is 5.73 Å². The van der Waals surface area contributed by atoms with Crippen molar-refractivity contribution in [2.24, 2.45) is 17.6 Å². The van der Waals surface area contributed by atoms with Crippen LogP contribution in [0, 0.1) is 11.8 Å². The molecule has 2 N–H and O–H groups in total. The van der Waals surface area contributed by atoms with Gasteiger partial charge in [0.2, 0.25) is 0 Å². The lowest BCUT2D eigenvalue weighted by Crippen LogP contribution is -2.39. The van der Waals surface area contributed by atoms with Crippen molar-refractivity contribution in [3.05, 3.63) is 35.9 Å². The maximum atomic E-state index is 6.57. The van der Waals surface area contributed by atoms with E-state index in [9.17, 15) is 0 Å². The summed E-state index contributed by atoms with van der Waals surface area (Å²) in [5, 5.41) is 0. The predicted molar refractivity (Wildman–Crippen MR) is 84.5 cm³/mol. The van der Waals surface area contributed by atoms with Gasteiger partial charge in [-0.25, -0.2) is 0 Å². The van der Waals surface area contributed by atoms with Crippen molar-refractivity contribution in [3.8, 4) is 0 Å². The minimum absolute atomic E-state index is 0.0457. The third-order valence-electron chi connectivity index (χ3n) is 4.84. The molecule has 0 aromatic heterocycles. The molecule has 2 atom stereocenters.